The predicted octanol–water partition coefficient (Wildman–Crippen LogP) is 3.87. The van der Waals surface area contributed by atoms with Gasteiger partial charge in [-0.15, -0.1) is 0 Å². The van der Waals surface area contributed by atoms with Gasteiger partial charge in [0.05, 0.1) is 9.92 Å². The quantitative estimate of drug-likeness (QED) is 0.529. The highest BCUT2D eigenvalue weighted by Crippen LogP contribution is 2.19. The summed E-state index contributed by atoms with van der Waals surface area (Å²) in [5.41, 5.74) is 2.98. The number of pyridine rings is 2. The molecule has 3 rings (SSSR count). The fourth-order valence-corrected chi connectivity index (χ4v) is 4.02. The number of aryl methyl sites for hydroxylation is 2. The van der Waals surface area contributed by atoms with Crippen LogP contribution in [0.15, 0.2) is 59.9 Å². The van der Waals surface area contributed by atoms with Gasteiger partial charge < -0.3 is 0 Å². The Kier molecular flexibility index (Phi) is 6.91. The summed E-state index contributed by atoms with van der Waals surface area (Å²) in [6.45, 7) is 1.93. The van der Waals surface area contributed by atoms with Gasteiger partial charge >= 0.3 is 0 Å². The van der Waals surface area contributed by atoms with Crippen LogP contribution < -0.4 is 4.72 Å². The molecule has 156 valence electrons. The number of halogens is 2. The highest BCUT2D eigenvalue weighted by atomic mass is 35.5. The molecule has 0 aliphatic heterocycles. The number of benzene rings is 1. The average Bonchev–Trinajstić information content (AvgIpc) is 2.74. The Morgan fingerprint density at radius 1 is 1.17 bits per heavy atom. The fraction of sp³-hybridized carbons (Fsp3) is 0.190. The van der Waals surface area contributed by atoms with Gasteiger partial charge in [-0.3, -0.25) is 14.8 Å². The second kappa shape index (κ2) is 9.42. The van der Waals surface area contributed by atoms with Crippen LogP contribution in [0.2, 0.25) is 5.02 Å². The van der Waals surface area contributed by atoms with Crippen LogP contribution >= 0.6 is 11.6 Å². The van der Waals surface area contributed by atoms with Crippen LogP contribution in [0, 0.1) is 12.7 Å². The van der Waals surface area contributed by atoms with E-state index >= 15 is 0 Å². The predicted molar refractivity (Wildman–Crippen MR) is 111 cm³/mol. The first-order valence-corrected chi connectivity index (χ1v) is 10.9. The number of carbonyl (C=O) groups is 1. The lowest BCUT2D eigenvalue weighted by Gasteiger charge is -2.08. The molecule has 0 radical (unpaired) electrons. The van der Waals surface area contributed by atoms with Gasteiger partial charge in [-0.1, -0.05) is 17.7 Å². The molecule has 1 aromatic carbocycles. The van der Waals surface area contributed by atoms with Crippen LogP contribution in [0.5, 0.6) is 0 Å². The lowest BCUT2D eigenvalue weighted by atomic mass is 10.0. The maximum atomic E-state index is 13.2. The highest BCUT2D eigenvalue weighted by Gasteiger charge is 2.16. The third-order valence-corrected chi connectivity index (χ3v) is 6.24. The van der Waals surface area contributed by atoms with Gasteiger partial charge in [0.25, 0.3) is 0 Å². The van der Waals surface area contributed by atoms with Crippen molar-refractivity contribution in [2.75, 3.05) is 0 Å². The van der Waals surface area contributed by atoms with Crippen molar-refractivity contribution < 1.29 is 17.6 Å². The minimum absolute atomic E-state index is 0.0340. The van der Waals surface area contributed by atoms with Crippen molar-refractivity contribution in [1.29, 1.82) is 0 Å². The van der Waals surface area contributed by atoms with Gasteiger partial charge in [0, 0.05) is 31.6 Å². The van der Waals surface area contributed by atoms with Crippen LogP contribution in [0.3, 0.4) is 0 Å². The topological polar surface area (TPSA) is 89.0 Å². The Morgan fingerprint density at radius 3 is 2.63 bits per heavy atom. The molecule has 0 spiro atoms. The molecular formula is C21H19ClFN3O3S. The van der Waals surface area contributed by atoms with Gasteiger partial charge in [-0.05, 0) is 60.4 Å². The van der Waals surface area contributed by atoms with Gasteiger partial charge in [-0.2, -0.15) is 0 Å². The molecular weight excluding hydrogens is 429 g/mol. The van der Waals surface area contributed by atoms with Crippen molar-refractivity contribution in [2.45, 2.75) is 31.2 Å². The molecule has 0 saturated carbocycles. The van der Waals surface area contributed by atoms with E-state index in [1.807, 2.05) is 13.0 Å². The summed E-state index contributed by atoms with van der Waals surface area (Å²) in [5.74, 6) is -0.801. The molecule has 0 saturated heterocycles. The number of nitrogens with one attached hydrogen (secondary N) is 1. The molecule has 0 bridgehead atoms. The van der Waals surface area contributed by atoms with E-state index in [1.165, 1.54) is 6.20 Å². The Hall–Kier alpha value is -2.68. The van der Waals surface area contributed by atoms with E-state index in [9.17, 15) is 17.6 Å². The highest BCUT2D eigenvalue weighted by molar-refractivity contribution is 7.89. The fourth-order valence-electron chi connectivity index (χ4n) is 2.73. The normalized spacial score (nSPS) is 11.4. The van der Waals surface area contributed by atoms with Crippen molar-refractivity contribution in [3.63, 3.8) is 0 Å². The number of carbonyl (C=O) groups excluding carboxylic acids is 1. The molecule has 3 aromatic rings. The number of hydrogen-bond donors (Lipinski definition) is 1. The van der Waals surface area contributed by atoms with Crippen molar-refractivity contribution >= 4 is 27.4 Å². The van der Waals surface area contributed by atoms with Gasteiger partial charge in [-0.25, -0.2) is 17.5 Å². The van der Waals surface area contributed by atoms with E-state index in [2.05, 4.69) is 14.7 Å². The lowest BCUT2D eigenvalue weighted by Crippen LogP contribution is -2.23. The summed E-state index contributed by atoms with van der Waals surface area (Å²) < 4.78 is 40.3. The maximum Gasteiger partial charge on any atom is 0.240 e. The number of Topliss-reactive ketones (excluding diaryl/α,β-unsaturated/α-hetero) is 1. The van der Waals surface area contributed by atoms with Gasteiger partial charge in [0.15, 0.2) is 5.78 Å². The summed E-state index contributed by atoms with van der Waals surface area (Å²) in [6.07, 6.45) is 5.78. The standard InChI is InChI=1S/C21H19ClFN3O3S/c1-14-8-9-24-13-16(14)3-7-21(27)20-6-2-15(11-25-20)12-26-30(28,29)17-4-5-19(23)18(22)10-17/h2,4-6,8-11,13,26H,3,7,12H2,1H3. The Morgan fingerprint density at radius 2 is 1.97 bits per heavy atom. The Labute approximate surface area is 179 Å². The van der Waals surface area contributed by atoms with Crippen molar-refractivity contribution in [3.05, 3.63) is 88.2 Å². The van der Waals surface area contributed by atoms with Crippen LogP contribution in [0.25, 0.3) is 0 Å². The van der Waals surface area contributed by atoms with Gasteiger partial charge in [0.1, 0.15) is 11.5 Å². The number of hydrogen-bond acceptors (Lipinski definition) is 5. The molecule has 2 heterocycles. The molecule has 2 aromatic heterocycles. The first-order valence-electron chi connectivity index (χ1n) is 9.08. The molecule has 0 fully saturated rings. The second-order valence-corrected chi connectivity index (χ2v) is 8.85. The van der Waals surface area contributed by atoms with E-state index in [0.717, 1.165) is 29.3 Å². The largest absolute Gasteiger partial charge is 0.292 e. The van der Waals surface area contributed by atoms with Gasteiger partial charge in [0.2, 0.25) is 10.0 Å². The van der Waals surface area contributed by atoms with Crippen LogP contribution in [-0.4, -0.2) is 24.2 Å². The molecule has 0 aliphatic rings. The SMILES string of the molecule is Cc1ccncc1CCC(=O)c1ccc(CNS(=O)(=O)c2ccc(F)c(Cl)c2)cn1. The minimum atomic E-state index is -3.87. The Balaban J connectivity index is 1.59. The number of nitrogens with zero attached hydrogens (tertiary/aromatic N) is 2. The molecule has 0 unspecified atom stereocenters. The summed E-state index contributed by atoms with van der Waals surface area (Å²) >= 11 is 5.64. The summed E-state index contributed by atoms with van der Waals surface area (Å²) in [4.78, 5) is 20.4. The van der Waals surface area contributed by atoms with Crippen molar-refractivity contribution in [3.8, 4) is 0 Å². The van der Waals surface area contributed by atoms with Crippen LogP contribution in [-0.2, 0) is 23.0 Å². The van der Waals surface area contributed by atoms with E-state index in [4.69, 9.17) is 11.6 Å². The second-order valence-electron chi connectivity index (χ2n) is 6.68. The zero-order valence-corrected chi connectivity index (χ0v) is 17.7. The molecule has 1 N–H and O–H groups in total. The molecule has 0 atom stereocenters. The van der Waals surface area contributed by atoms with E-state index in [-0.39, 0.29) is 22.2 Å². The van der Waals surface area contributed by atoms with E-state index < -0.39 is 15.8 Å². The molecule has 0 amide bonds. The molecule has 0 aliphatic carbocycles. The third-order valence-electron chi connectivity index (χ3n) is 4.55. The average molecular weight is 448 g/mol. The summed E-state index contributed by atoms with van der Waals surface area (Å²) in [7, 11) is -3.87. The summed E-state index contributed by atoms with van der Waals surface area (Å²) in [5, 5.41) is -0.274. The number of aromatic nitrogens is 2. The monoisotopic (exact) mass is 447 g/mol. The minimum Gasteiger partial charge on any atom is -0.292 e. The maximum absolute atomic E-state index is 13.2. The first kappa shape index (κ1) is 22.0. The lowest BCUT2D eigenvalue weighted by molar-refractivity contribution is 0.0978. The van der Waals surface area contributed by atoms with E-state index in [0.29, 0.717) is 24.1 Å². The molecule has 30 heavy (non-hydrogen) atoms. The van der Waals surface area contributed by atoms with Crippen LogP contribution in [0.4, 0.5) is 4.39 Å². The Bertz CT molecular complexity index is 1170. The zero-order chi connectivity index (χ0) is 21.7. The molecule has 6 nitrogen and oxygen atoms in total. The number of ketones is 1. The molecule has 9 heteroatoms. The number of sulfonamides is 1. The third kappa shape index (κ3) is 5.47. The van der Waals surface area contributed by atoms with E-state index in [1.54, 1.807) is 24.5 Å². The van der Waals surface area contributed by atoms with Crippen molar-refractivity contribution in [2.24, 2.45) is 0 Å². The first-order chi connectivity index (χ1) is 14.3. The smallest absolute Gasteiger partial charge is 0.240 e. The van der Waals surface area contributed by atoms with Crippen molar-refractivity contribution in [1.82, 2.24) is 14.7 Å². The summed E-state index contributed by atoms with van der Waals surface area (Å²) in [6, 6.07) is 8.27. The zero-order valence-electron chi connectivity index (χ0n) is 16.1. The van der Waals surface area contributed by atoms with Crippen LogP contribution in [0.1, 0.15) is 33.6 Å². The number of rotatable bonds is 8.